The van der Waals surface area contributed by atoms with Gasteiger partial charge in [-0.1, -0.05) is 11.3 Å². The van der Waals surface area contributed by atoms with Crippen LogP contribution in [0, 0.1) is 5.92 Å². The second kappa shape index (κ2) is 4.83. The maximum absolute atomic E-state index is 11.4. The van der Waals surface area contributed by atoms with Gasteiger partial charge < -0.3 is 10.1 Å². The van der Waals surface area contributed by atoms with E-state index in [1.54, 1.807) is 0 Å². The minimum Gasteiger partial charge on any atom is -0.464 e. The zero-order valence-electron chi connectivity index (χ0n) is 9.78. The number of nitrogens with zero attached hydrogens (tertiary/aromatic N) is 1. The van der Waals surface area contributed by atoms with Gasteiger partial charge >= 0.3 is 5.97 Å². The van der Waals surface area contributed by atoms with Gasteiger partial charge in [-0.05, 0) is 18.8 Å². The number of Topliss-reactive ketones (excluding diaryl/α,β-unsaturated/α-hetero) is 1. The summed E-state index contributed by atoms with van der Waals surface area (Å²) >= 11 is 1.21. The third-order valence-corrected chi connectivity index (χ3v) is 3.68. The molecule has 17 heavy (non-hydrogen) atoms. The van der Waals surface area contributed by atoms with Crippen LogP contribution in [-0.4, -0.2) is 30.4 Å². The lowest BCUT2D eigenvalue weighted by Gasteiger charge is -1.98. The predicted octanol–water partition coefficient (Wildman–Crippen LogP) is 1.95. The first-order valence-electron chi connectivity index (χ1n) is 5.45. The lowest BCUT2D eigenvalue weighted by atomic mass is 10.3. The fraction of sp³-hybridized carbons (Fsp3) is 0.545. The standard InChI is InChI=1S/C11H14N2O3S/c1-6(14)9-8(10(15)16-2)13-11(17-9)12-5-7-3-4-7/h7H,3-5H2,1-2H3,(H,12,13). The normalized spacial score (nSPS) is 14.5. The number of hydrogen-bond donors (Lipinski definition) is 1. The van der Waals surface area contributed by atoms with Crippen molar-refractivity contribution in [2.45, 2.75) is 19.8 Å². The molecule has 0 amide bonds. The highest BCUT2D eigenvalue weighted by Crippen LogP contribution is 2.30. The molecule has 0 aliphatic heterocycles. The van der Waals surface area contributed by atoms with Gasteiger partial charge in [0.1, 0.15) is 4.88 Å². The van der Waals surface area contributed by atoms with Crippen molar-refractivity contribution in [3.8, 4) is 0 Å². The highest BCUT2D eigenvalue weighted by atomic mass is 32.1. The van der Waals surface area contributed by atoms with Crippen molar-refractivity contribution in [3.05, 3.63) is 10.6 Å². The van der Waals surface area contributed by atoms with Crippen LogP contribution in [0.15, 0.2) is 0 Å². The highest BCUT2D eigenvalue weighted by molar-refractivity contribution is 7.17. The molecule has 1 aromatic rings. The van der Waals surface area contributed by atoms with Crippen molar-refractivity contribution in [1.82, 2.24) is 4.98 Å². The number of carbonyl (C=O) groups is 2. The molecule has 1 fully saturated rings. The molecule has 1 N–H and O–H groups in total. The molecule has 0 atom stereocenters. The summed E-state index contributed by atoms with van der Waals surface area (Å²) in [6.45, 7) is 2.27. The summed E-state index contributed by atoms with van der Waals surface area (Å²) in [6.07, 6.45) is 2.48. The van der Waals surface area contributed by atoms with Crippen molar-refractivity contribution in [2.24, 2.45) is 5.92 Å². The number of nitrogens with one attached hydrogen (secondary N) is 1. The quantitative estimate of drug-likeness (QED) is 0.642. The summed E-state index contributed by atoms with van der Waals surface area (Å²) < 4.78 is 4.60. The van der Waals surface area contributed by atoms with E-state index in [2.05, 4.69) is 15.0 Å². The maximum atomic E-state index is 11.4. The lowest BCUT2D eigenvalue weighted by molar-refractivity contribution is 0.0591. The Balaban J connectivity index is 2.16. The van der Waals surface area contributed by atoms with Crippen LogP contribution < -0.4 is 5.32 Å². The molecule has 0 unspecified atom stereocenters. The summed E-state index contributed by atoms with van der Waals surface area (Å²) in [5, 5.41) is 3.76. The Hall–Kier alpha value is -1.43. The van der Waals surface area contributed by atoms with Crippen molar-refractivity contribution in [3.63, 3.8) is 0 Å². The fourth-order valence-electron chi connectivity index (χ4n) is 1.42. The largest absolute Gasteiger partial charge is 0.464 e. The zero-order chi connectivity index (χ0) is 12.4. The van der Waals surface area contributed by atoms with Gasteiger partial charge in [-0.25, -0.2) is 9.78 Å². The number of ether oxygens (including phenoxy) is 1. The maximum Gasteiger partial charge on any atom is 0.358 e. The smallest absolute Gasteiger partial charge is 0.358 e. The van der Waals surface area contributed by atoms with Gasteiger partial charge in [-0.3, -0.25) is 4.79 Å². The van der Waals surface area contributed by atoms with E-state index in [4.69, 9.17) is 0 Å². The summed E-state index contributed by atoms with van der Waals surface area (Å²) in [7, 11) is 1.28. The highest BCUT2D eigenvalue weighted by Gasteiger charge is 2.24. The molecule has 0 radical (unpaired) electrons. The van der Waals surface area contributed by atoms with E-state index in [-0.39, 0.29) is 11.5 Å². The Kier molecular flexibility index (Phi) is 3.42. The summed E-state index contributed by atoms with van der Waals surface area (Å²) in [5.41, 5.74) is 0.114. The molecular weight excluding hydrogens is 240 g/mol. The molecule has 1 heterocycles. The molecule has 0 bridgehead atoms. The molecule has 1 aliphatic rings. The topological polar surface area (TPSA) is 68.3 Å². The molecule has 0 saturated heterocycles. The minimum absolute atomic E-state index is 0.114. The Morgan fingerprint density at radius 3 is 2.76 bits per heavy atom. The van der Waals surface area contributed by atoms with Gasteiger partial charge in [-0.15, -0.1) is 0 Å². The van der Waals surface area contributed by atoms with E-state index in [1.807, 2.05) is 0 Å². The Morgan fingerprint density at radius 2 is 2.24 bits per heavy atom. The van der Waals surface area contributed by atoms with E-state index in [0.29, 0.717) is 15.9 Å². The average Bonchev–Trinajstić information content (AvgIpc) is 3.03. The van der Waals surface area contributed by atoms with Crippen molar-refractivity contribution < 1.29 is 14.3 Å². The van der Waals surface area contributed by atoms with Gasteiger partial charge in [0.2, 0.25) is 0 Å². The van der Waals surface area contributed by atoms with Gasteiger partial charge in [0.05, 0.1) is 7.11 Å². The molecule has 1 aromatic heterocycles. The van der Waals surface area contributed by atoms with E-state index >= 15 is 0 Å². The van der Waals surface area contributed by atoms with Crippen LogP contribution in [0.2, 0.25) is 0 Å². The van der Waals surface area contributed by atoms with Crippen LogP contribution in [0.25, 0.3) is 0 Å². The summed E-state index contributed by atoms with van der Waals surface area (Å²) in [5.74, 6) is -0.0189. The van der Waals surface area contributed by atoms with Crippen LogP contribution in [-0.2, 0) is 4.74 Å². The molecular formula is C11H14N2O3S. The number of thiazole rings is 1. The first-order valence-corrected chi connectivity index (χ1v) is 6.27. The Labute approximate surface area is 103 Å². The molecule has 0 spiro atoms. The third-order valence-electron chi connectivity index (χ3n) is 2.56. The van der Waals surface area contributed by atoms with Crippen LogP contribution in [0.5, 0.6) is 0 Å². The number of methoxy groups -OCH3 is 1. The van der Waals surface area contributed by atoms with E-state index in [1.165, 1.54) is 38.2 Å². The van der Waals surface area contributed by atoms with Crippen LogP contribution in [0.4, 0.5) is 5.13 Å². The van der Waals surface area contributed by atoms with Crippen LogP contribution in [0.3, 0.4) is 0 Å². The lowest BCUT2D eigenvalue weighted by Crippen LogP contribution is -2.07. The molecule has 2 rings (SSSR count). The Bertz CT molecular complexity index is 452. The van der Waals surface area contributed by atoms with Crippen molar-refractivity contribution >= 4 is 28.2 Å². The molecule has 5 nitrogen and oxygen atoms in total. The molecule has 1 aliphatic carbocycles. The molecule has 6 heteroatoms. The van der Waals surface area contributed by atoms with Crippen LogP contribution >= 0.6 is 11.3 Å². The zero-order valence-corrected chi connectivity index (χ0v) is 10.6. The van der Waals surface area contributed by atoms with Gasteiger partial charge in [0, 0.05) is 13.5 Å². The first-order chi connectivity index (χ1) is 8.11. The molecule has 1 saturated carbocycles. The number of ketones is 1. The van der Waals surface area contributed by atoms with E-state index in [0.717, 1.165) is 6.54 Å². The Morgan fingerprint density at radius 1 is 1.53 bits per heavy atom. The molecule has 0 aromatic carbocycles. The predicted molar refractivity (Wildman–Crippen MR) is 64.7 cm³/mol. The average molecular weight is 254 g/mol. The second-order valence-corrected chi connectivity index (χ2v) is 5.07. The van der Waals surface area contributed by atoms with E-state index < -0.39 is 5.97 Å². The van der Waals surface area contributed by atoms with Crippen LogP contribution in [0.1, 0.15) is 39.9 Å². The van der Waals surface area contributed by atoms with Crippen molar-refractivity contribution in [2.75, 3.05) is 19.0 Å². The SMILES string of the molecule is COC(=O)c1nc(NCC2CC2)sc1C(C)=O. The number of anilines is 1. The summed E-state index contributed by atoms with van der Waals surface area (Å²) in [4.78, 5) is 27.3. The number of rotatable bonds is 5. The number of aromatic nitrogens is 1. The van der Waals surface area contributed by atoms with Gasteiger partial charge in [0.25, 0.3) is 0 Å². The second-order valence-electron chi connectivity index (χ2n) is 4.07. The monoisotopic (exact) mass is 254 g/mol. The summed E-state index contributed by atoms with van der Waals surface area (Å²) in [6, 6.07) is 0. The van der Waals surface area contributed by atoms with Gasteiger partial charge in [0.15, 0.2) is 16.6 Å². The van der Waals surface area contributed by atoms with E-state index in [9.17, 15) is 9.59 Å². The third kappa shape index (κ3) is 2.82. The van der Waals surface area contributed by atoms with Crippen molar-refractivity contribution in [1.29, 1.82) is 0 Å². The number of carbonyl (C=O) groups excluding carboxylic acids is 2. The van der Waals surface area contributed by atoms with Gasteiger partial charge in [-0.2, -0.15) is 0 Å². The first kappa shape index (κ1) is 12.0. The fourth-order valence-corrected chi connectivity index (χ4v) is 2.28. The molecule has 92 valence electrons. The number of hydrogen-bond acceptors (Lipinski definition) is 6. The minimum atomic E-state index is -0.564. The number of esters is 1.